The molecule has 0 aliphatic rings. The lowest BCUT2D eigenvalue weighted by atomic mass is 10.1. The summed E-state index contributed by atoms with van der Waals surface area (Å²) < 4.78 is 0. The summed E-state index contributed by atoms with van der Waals surface area (Å²) in [5, 5.41) is 2.03. The van der Waals surface area contributed by atoms with Gasteiger partial charge >= 0.3 is 0 Å². The van der Waals surface area contributed by atoms with E-state index in [9.17, 15) is 0 Å². The standard InChI is InChI=1S/C8H11NS/c1-6(7(2)9)8-4-3-5-10-8/h3-5,7H,1,9H2,2H3. The van der Waals surface area contributed by atoms with Crippen molar-refractivity contribution in [3.05, 3.63) is 29.0 Å². The zero-order valence-corrected chi connectivity index (χ0v) is 6.82. The van der Waals surface area contributed by atoms with Crippen molar-refractivity contribution in [1.29, 1.82) is 0 Å². The van der Waals surface area contributed by atoms with Gasteiger partial charge in [0.25, 0.3) is 0 Å². The van der Waals surface area contributed by atoms with Crippen molar-refractivity contribution in [3.8, 4) is 0 Å². The maximum atomic E-state index is 5.63. The van der Waals surface area contributed by atoms with Crippen LogP contribution in [0.5, 0.6) is 0 Å². The van der Waals surface area contributed by atoms with Crippen LogP contribution in [0, 0.1) is 0 Å². The van der Waals surface area contributed by atoms with E-state index in [1.54, 1.807) is 11.3 Å². The van der Waals surface area contributed by atoms with E-state index in [2.05, 4.69) is 6.58 Å². The molecule has 0 spiro atoms. The number of nitrogens with two attached hydrogens (primary N) is 1. The van der Waals surface area contributed by atoms with Gasteiger partial charge in [-0.1, -0.05) is 12.6 Å². The van der Waals surface area contributed by atoms with Gasteiger partial charge in [-0.3, -0.25) is 0 Å². The van der Waals surface area contributed by atoms with E-state index in [1.807, 2.05) is 24.4 Å². The van der Waals surface area contributed by atoms with Crippen molar-refractivity contribution in [2.75, 3.05) is 0 Å². The van der Waals surface area contributed by atoms with Crippen molar-refractivity contribution < 1.29 is 0 Å². The summed E-state index contributed by atoms with van der Waals surface area (Å²) in [6, 6.07) is 4.11. The molecule has 1 atom stereocenters. The second-order valence-electron chi connectivity index (χ2n) is 2.29. The van der Waals surface area contributed by atoms with Crippen molar-refractivity contribution in [3.63, 3.8) is 0 Å². The SMILES string of the molecule is C=C(c1cccs1)C(C)N. The third-order valence-corrected chi connectivity index (χ3v) is 2.33. The van der Waals surface area contributed by atoms with Crippen molar-refractivity contribution >= 4 is 16.9 Å². The van der Waals surface area contributed by atoms with Gasteiger partial charge < -0.3 is 5.73 Å². The van der Waals surface area contributed by atoms with Gasteiger partial charge in [0.05, 0.1) is 0 Å². The first-order valence-corrected chi connectivity index (χ1v) is 4.08. The van der Waals surface area contributed by atoms with Crippen LogP contribution in [0.1, 0.15) is 11.8 Å². The molecule has 1 rings (SSSR count). The Morgan fingerprint density at radius 1 is 1.80 bits per heavy atom. The van der Waals surface area contributed by atoms with Crippen LogP contribution in [0.2, 0.25) is 0 Å². The van der Waals surface area contributed by atoms with Gasteiger partial charge in [-0.2, -0.15) is 0 Å². The van der Waals surface area contributed by atoms with Gasteiger partial charge in [0.15, 0.2) is 0 Å². The van der Waals surface area contributed by atoms with E-state index in [0.717, 1.165) is 5.57 Å². The Kier molecular flexibility index (Phi) is 2.25. The second-order valence-corrected chi connectivity index (χ2v) is 3.24. The second kappa shape index (κ2) is 2.99. The molecule has 54 valence electrons. The molecular weight excluding hydrogens is 142 g/mol. The highest BCUT2D eigenvalue weighted by Crippen LogP contribution is 2.19. The number of rotatable bonds is 2. The number of hydrogen-bond acceptors (Lipinski definition) is 2. The Hall–Kier alpha value is -0.600. The van der Waals surface area contributed by atoms with E-state index in [-0.39, 0.29) is 6.04 Å². The normalized spacial score (nSPS) is 13.0. The van der Waals surface area contributed by atoms with Crippen molar-refractivity contribution in [2.45, 2.75) is 13.0 Å². The fraction of sp³-hybridized carbons (Fsp3) is 0.250. The monoisotopic (exact) mass is 153 g/mol. The van der Waals surface area contributed by atoms with E-state index >= 15 is 0 Å². The zero-order chi connectivity index (χ0) is 7.56. The zero-order valence-electron chi connectivity index (χ0n) is 6.00. The molecule has 0 bridgehead atoms. The van der Waals surface area contributed by atoms with Gasteiger partial charge in [0, 0.05) is 10.9 Å². The lowest BCUT2D eigenvalue weighted by Gasteiger charge is -2.05. The molecule has 0 aromatic carbocycles. The summed E-state index contributed by atoms with van der Waals surface area (Å²) >= 11 is 1.68. The summed E-state index contributed by atoms with van der Waals surface area (Å²) in [7, 11) is 0. The fourth-order valence-corrected chi connectivity index (χ4v) is 1.48. The van der Waals surface area contributed by atoms with Crippen LogP contribution in [-0.2, 0) is 0 Å². The van der Waals surface area contributed by atoms with Crippen LogP contribution in [0.15, 0.2) is 24.1 Å². The smallest absolute Gasteiger partial charge is 0.0311 e. The summed E-state index contributed by atoms with van der Waals surface area (Å²) in [5.41, 5.74) is 6.66. The maximum absolute atomic E-state index is 5.63. The highest BCUT2D eigenvalue weighted by Gasteiger charge is 2.02. The highest BCUT2D eigenvalue weighted by molar-refractivity contribution is 7.11. The van der Waals surface area contributed by atoms with Gasteiger partial charge in [-0.05, 0) is 23.9 Å². The molecule has 1 aromatic rings. The van der Waals surface area contributed by atoms with Crippen LogP contribution in [0.4, 0.5) is 0 Å². The largest absolute Gasteiger partial charge is 0.324 e. The minimum atomic E-state index is 0.0682. The fourth-order valence-electron chi connectivity index (χ4n) is 0.686. The molecule has 0 aliphatic carbocycles. The topological polar surface area (TPSA) is 26.0 Å². The third-order valence-electron chi connectivity index (χ3n) is 1.39. The van der Waals surface area contributed by atoms with Crippen LogP contribution >= 0.6 is 11.3 Å². The molecule has 0 saturated carbocycles. The molecule has 1 unspecified atom stereocenters. The first-order valence-electron chi connectivity index (χ1n) is 3.20. The van der Waals surface area contributed by atoms with Crippen molar-refractivity contribution in [1.82, 2.24) is 0 Å². The minimum Gasteiger partial charge on any atom is -0.324 e. The molecule has 2 N–H and O–H groups in total. The average Bonchev–Trinajstić information content (AvgIpc) is 2.36. The Labute approximate surface area is 65.2 Å². The Balaban J connectivity index is 2.78. The maximum Gasteiger partial charge on any atom is 0.0311 e. The van der Waals surface area contributed by atoms with Gasteiger partial charge in [0.2, 0.25) is 0 Å². The lowest BCUT2D eigenvalue weighted by molar-refractivity contribution is 0.952. The van der Waals surface area contributed by atoms with E-state index in [1.165, 1.54) is 4.88 Å². The molecule has 0 fully saturated rings. The molecule has 1 heterocycles. The quantitative estimate of drug-likeness (QED) is 0.692. The van der Waals surface area contributed by atoms with Crippen LogP contribution < -0.4 is 5.73 Å². The Bertz CT molecular complexity index is 211. The minimum absolute atomic E-state index is 0.0682. The van der Waals surface area contributed by atoms with Gasteiger partial charge in [0.1, 0.15) is 0 Å². The summed E-state index contributed by atoms with van der Waals surface area (Å²) in [6.45, 7) is 5.83. The first-order chi connectivity index (χ1) is 4.72. The predicted octanol–water partition coefficient (Wildman–Crippen LogP) is 2.11. The van der Waals surface area contributed by atoms with E-state index < -0.39 is 0 Å². The van der Waals surface area contributed by atoms with Crippen LogP contribution in [0.3, 0.4) is 0 Å². The van der Waals surface area contributed by atoms with Crippen molar-refractivity contribution in [2.24, 2.45) is 5.73 Å². The van der Waals surface area contributed by atoms with E-state index in [4.69, 9.17) is 5.73 Å². The molecule has 2 heteroatoms. The molecule has 10 heavy (non-hydrogen) atoms. The van der Waals surface area contributed by atoms with E-state index in [0.29, 0.717) is 0 Å². The first kappa shape index (κ1) is 7.51. The lowest BCUT2D eigenvalue weighted by Crippen LogP contribution is -2.15. The summed E-state index contributed by atoms with van der Waals surface area (Å²) in [4.78, 5) is 1.19. The summed E-state index contributed by atoms with van der Waals surface area (Å²) in [6.07, 6.45) is 0. The van der Waals surface area contributed by atoms with Gasteiger partial charge in [-0.25, -0.2) is 0 Å². The number of hydrogen-bond donors (Lipinski definition) is 1. The van der Waals surface area contributed by atoms with Crippen LogP contribution in [0.25, 0.3) is 5.57 Å². The molecule has 0 aliphatic heterocycles. The molecular formula is C8H11NS. The van der Waals surface area contributed by atoms with Crippen LogP contribution in [-0.4, -0.2) is 6.04 Å². The average molecular weight is 153 g/mol. The third kappa shape index (κ3) is 1.46. The Morgan fingerprint density at radius 2 is 2.50 bits per heavy atom. The Morgan fingerprint density at radius 3 is 2.90 bits per heavy atom. The molecule has 1 aromatic heterocycles. The highest BCUT2D eigenvalue weighted by atomic mass is 32.1. The summed E-state index contributed by atoms with van der Waals surface area (Å²) in [5.74, 6) is 0. The predicted molar refractivity (Wildman–Crippen MR) is 47.0 cm³/mol. The molecule has 1 nitrogen and oxygen atoms in total. The molecule has 0 saturated heterocycles. The molecule has 0 radical (unpaired) electrons. The molecule has 0 amide bonds. The van der Waals surface area contributed by atoms with Gasteiger partial charge in [-0.15, -0.1) is 11.3 Å². The number of thiophene rings is 1.